The summed E-state index contributed by atoms with van der Waals surface area (Å²) >= 11 is 0. The highest BCUT2D eigenvalue weighted by Crippen LogP contribution is 2.41. The van der Waals surface area contributed by atoms with E-state index in [4.69, 9.17) is 9.72 Å². The molecule has 0 bridgehead atoms. The molecular formula is C24H27N7O2. The highest BCUT2D eigenvalue weighted by atomic mass is 16.5. The number of ether oxygens (including phenoxy) is 1. The average molecular weight is 446 g/mol. The van der Waals surface area contributed by atoms with E-state index in [9.17, 15) is 10.4 Å². The lowest BCUT2D eigenvalue weighted by Gasteiger charge is -2.21. The first kappa shape index (κ1) is 21.4. The largest absolute Gasteiger partial charge is 0.395 e. The van der Waals surface area contributed by atoms with Gasteiger partial charge >= 0.3 is 0 Å². The fourth-order valence-corrected chi connectivity index (χ4v) is 4.52. The van der Waals surface area contributed by atoms with Crippen LogP contribution in [0, 0.1) is 24.2 Å². The van der Waals surface area contributed by atoms with E-state index < -0.39 is 5.41 Å². The van der Waals surface area contributed by atoms with Gasteiger partial charge in [-0.05, 0) is 37.1 Å². The van der Waals surface area contributed by atoms with E-state index in [1.54, 1.807) is 6.20 Å². The molecule has 1 unspecified atom stereocenters. The first-order chi connectivity index (χ1) is 16.0. The predicted molar refractivity (Wildman–Crippen MR) is 124 cm³/mol. The Morgan fingerprint density at radius 2 is 2.27 bits per heavy atom. The lowest BCUT2D eigenvalue weighted by atomic mass is 9.83. The van der Waals surface area contributed by atoms with Gasteiger partial charge in [-0.2, -0.15) is 10.4 Å². The molecule has 3 N–H and O–H groups in total. The molecule has 4 heterocycles. The van der Waals surface area contributed by atoms with Crippen molar-refractivity contribution in [3.63, 3.8) is 0 Å². The quantitative estimate of drug-likeness (QED) is 0.530. The van der Waals surface area contributed by atoms with E-state index in [1.165, 1.54) is 0 Å². The minimum atomic E-state index is -0.445. The smallest absolute Gasteiger partial charge is 0.228 e. The summed E-state index contributed by atoms with van der Waals surface area (Å²) in [6.45, 7) is 6.86. The second kappa shape index (κ2) is 8.46. The van der Waals surface area contributed by atoms with Gasteiger partial charge in [0.1, 0.15) is 11.9 Å². The maximum atomic E-state index is 9.96. The zero-order valence-electron chi connectivity index (χ0n) is 18.8. The topological polar surface area (TPSA) is 121 Å². The molecule has 0 spiro atoms. The van der Waals surface area contributed by atoms with Crippen LogP contribution in [0.2, 0.25) is 0 Å². The Kier molecular flexibility index (Phi) is 5.48. The lowest BCUT2D eigenvalue weighted by Crippen LogP contribution is -2.28. The lowest BCUT2D eigenvalue weighted by molar-refractivity contribution is 0.181. The highest BCUT2D eigenvalue weighted by molar-refractivity contribution is 5.76. The standard InChI is InChI=1S/C24H27N7O2/c1-15-7-21(31(30-15)11-16-4-6-33-12-16)29-23-26-5-3-20(28-23)17-8-18(10-25)22-19(9-17)24(2,14-32)13-27-22/h3,5,7-9,16,27,32H,4,6,11-14H2,1-2H3,(H,26,28,29)/t16?,24-/m1/s1. The van der Waals surface area contributed by atoms with E-state index >= 15 is 0 Å². The maximum Gasteiger partial charge on any atom is 0.228 e. The van der Waals surface area contributed by atoms with E-state index in [1.807, 2.05) is 42.8 Å². The average Bonchev–Trinajstić information content (AvgIpc) is 3.54. The van der Waals surface area contributed by atoms with Gasteiger partial charge in [-0.25, -0.2) is 14.6 Å². The molecule has 9 nitrogen and oxygen atoms in total. The summed E-state index contributed by atoms with van der Waals surface area (Å²) in [6, 6.07) is 9.91. The van der Waals surface area contributed by atoms with E-state index in [-0.39, 0.29) is 6.61 Å². The summed E-state index contributed by atoms with van der Waals surface area (Å²) in [5.74, 6) is 1.74. The molecule has 9 heteroatoms. The molecular weight excluding hydrogens is 418 g/mol. The van der Waals surface area contributed by atoms with Crippen LogP contribution in [0.3, 0.4) is 0 Å². The number of aromatic nitrogens is 4. The van der Waals surface area contributed by atoms with Crippen molar-refractivity contribution in [1.29, 1.82) is 5.26 Å². The first-order valence-electron chi connectivity index (χ1n) is 11.1. The molecule has 2 aromatic heterocycles. The molecule has 2 aliphatic rings. The molecule has 0 aliphatic carbocycles. The number of benzene rings is 1. The highest BCUT2D eigenvalue weighted by Gasteiger charge is 2.36. The van der Waals surface area contributed by atoms with Gasteiger partial charge in [-0.15, -0.1) is 0 Å². The molecule has 5 rings (SSSR count). The zero-order valence-corrected chi connectivity index (χ0v) is 18.8. The summed E-state index contributed by atoms with van der Waals surface area (Å²) in [7, 11) is 0. The van der Waals surface area contributed by atoms with Crippen molar-refractivity contribution in [3.8, 4) is 17.3 Å². The Morgan fingerprint density at radius 3 is 3.03 bits per heavy atom. The van der Waals surface area contributed by atoms with Gasteiger partial charge in [0.25, 0.3) is 0 Å². The first-order valence-corrected chi connectivity index (χ1v) is 11.1. The third-order valence-electron chi connectivity index (χ3n) is 6.46. The van der Waals surface area contributed by atoms with Gasteiger partial charge in [0, 0.05) is 48.9 Å². The number of nitriles is 1. The number of hydrogen-bond acceptors (Lipinski definition) is 8. The Morgan fingerprint density at radius 1 is 1.39 bits per heavy atom. The van der Waals surface area contributed by atoms with Crippen molar-refractivity contribution in [2.24, 2.45) is 5.92 Å². The van der Waals surface area contributed by atoms with Gasteiger partial charge in [0.15, 0.2) is 0 Å². The minimum Gasteiger partial charge on any atom is -0.395 e. The molecule has 2 atom stereocenters. The van der Waals surface area contributed by atoms with E-state index in [2.05, 4.69) is 26.8 Å². The van der Waals surface area contributed by atoms with Crippen LogP contribution in [0.5, 0.6) is 0 Å². The third kappa shape index (κ3) is 4.03. The molecule has 33 heavy (non-hydrogen) atoms. The van der Waals surface area contributed by atoms with Crippen molar-refractivity contribution in [1.82, 2.24) is 19.7 Å². The number of nitrogens with one attached hydrogen (secondary N) is 2. The summed E-state index contributed by atoms with van der Waals surface area (Å²) in [4.78, 5) is 9.11. The molecule has 1 saturated heterocycles. The SMILES string of the molecule is Cc1cc(Nc2nccc(-c3cc(C#N)c4c(c3)[C@@](C)(CO)CN4)n2)n(CC2CCOC2)n1. The fourth-order valence-electron chi connectivity index (χ4n) is 4.52. The molecule has 0 radical (unpaired) electrons. The van der Waals surface area contributed by atoms with Crippen molar-refractivity contribution in [2.45, 2.75) is 32.2 Å². The molecule has 0 amide bonds. The fraction of sp³-hybridized carbons (Fsp3) is 0.417. The molecule has 1 aromatic carbocycles. The summed E-state index contributed by atoms with van der Waals surface area (Å²) in [5.41, 5.74) is 4.25. The van der Waals surface area contributed by atoms with Crippen molar-refractivity contribution < 1.29 is 9.84 Å². The second-order valence-corrected chi connectivity index (χ2v) is 9.10. The van der Waals surface area contributed by atoms with Crippen LogP contribution in [0.15, 0.2) is 30.5 Å². The normalized spacial score (nSPS) is 21.5. The van der Waals surface area contributed by atoms with Crippen LogP contribution in [-0.2, 0) is 16.7 Å². The predicted octanol–water partition coefficient (Wildman–Crippen LogP) is 2.98. The molecule has 1 fully saturated rings. The number of fused-ring (bicyclic) bond motifs is 1. The zero-order chi connectivity index (χ0) is 23.0. The van der Waals surface area contributed by atoms with Crippen LogP contribution in [0.25, 0.3) is 11.3 Å². The molecule has 170 valence electrons. The molecule has 3 aromatic rings. The minimum absolute atomic E-state index is 0.00667. The monoisotopic (exact) mass is 445 g/mol. The van der Waals surface area contributed by atoms with Crippen LogP contribution in [0.1, 0.15) is 30.2 Å². The number of aliphatic hydroxyl groups excluding tert-OH is 1. The van der Waals surface area contributed by atoms with Crippen molar-refractivity contribution in [2.75, 3.05) is 37.0 Å². The van der Waals surface area contributed by atoms with Crippen LogP contribution >= 0.6 is 0 Å². The molecule has 0 saturated carbocycles. The number of aryl methyl sites for hydroxylation is 1. The number of rotatable bonds is 6. The molecule has 2 aliphatic heterocycles. The Balaban J connectivity index is 1.46. The number of aliphatic hydroxyl groups is 1. The van der Waals surface area contributed by atoms with Crippen LogP contribution in [0.4, 0.5) is 17.5 Å². The number of nitrogens with zero attached hydrogens (tertiary/aromatic N) is 5. The van der Waals surface area contributed by atoms with E-state index in [0.717, 1.165) is 54.5 Å². The van der Waals surface area contributed by atoms with Gasteiger partial charge in [0.2, 0.25) is 5.95 Å². The second-order valence-electron chi connectivity index (χ2n) is 9.10. The van der Waals surface area contributed by atoms with Gasteiger partial charge < -0.3 is 20.5 Å². The van der Waals surface area contributed by atoms with Crippen molar-refractivity contribution >= 4 is 17.5 Å². The van der Waals surface area contributed by atoms with Gasteiger partial charge in [0.05, 0.1) is 35.9 Å². The van der Waals surface area contributed by atoms with E-state index in [0.29, 0.717) is 29.7 Å². The van der Waals surface area contributed by atoms with Gasteiger partial charge in [-0.3, -0.25) is 0 Å². The Labute approximate surface area is 192 Å². The number of anilines is 3. The van der Waals surface area contributed by atoms with Crippen LogP contribution in [-0.4, -0.2) is 51.2 Å². The third-order valence-corrected chi connectivity index (χ3v) is 6.46. The summed E-state index contributed by atoms with van der Waals surface area (Å²) < 4.78 is 7.45. The number of hydrogen-bond donors (Lipinski definition) is 3. The Hall–Kier alpha value is -3.48. The van der Waals surface area contributed by atoms with Crippen LogP contribution < -0.4 is 10.6 Å². The van der Waals surface area contributed by atoms with Gasteiger partial charge in [-0.1, -0.05) is 6.92 Å². The summed E-state index contributed by atoms with van der Waals surface area (Å²) in [5, 5.41) is 30.9. The maximum absolute atomic E-state index is 9.96. The summed E-state index contributed by atoms with van der Waals surface area (Å²) in [6.07, 6.45) is 2.73. The Bertz CT molecular complexity index is 1230. The van der Waals surface area contributed by atoms with Crippen molar-refractivity contribution in [3.05, 3.63) is 47.3 Å².